The molecule has 2 aromatic rings. The lowest BCUT2D eigenvalue weighted by Gasteiger charge is -2.36. The average Bonchev–Trinajstić information content (AvgIpc) is 2.85. The maximum atomic E-state index is 6.16. The quantitative estimate of drug-likeness (QED) is 0.815. The number of benzene rings is 1. The number of alkyl halides is 1. The molecule has 1 aliphatic heterocycles. The number of methoxy groups -OCH3 is 1. The molecule has 5 heteroatoms. The molecule has 0 saturated carbocycles. The number of piperidine rings is 1. The van der Waals surface area contributed by atoms with Crippen LogP contribution in [0, 0.1) is 5.92 Å². The summed E-state index contributed by atoms with van der Waals surface area (Å²) in [5.74, 6) is 2.77. The van der Waals surface area contributed by atoms with Crippen molar-refractivity contribution in [2.24, 2.45) is 5.92 Å². The summed E-state index contributed by atoms with van der Waals surface area (Å²) in [6.07, 6.45) is 1.13. The van der Waals surface area contributed by atoms with Crippen LogP contribution in [0.3, 0.4) is 0 Å². The summed E-state index contributed by atoms with van der Waals surface area (Å²) in [6.45, 7) is 4.53. The van der Waals surface area contributed by atoms with Crippen LogP contribution in [0.5, 0.6) is 5.75 Å². The Kier molecular flexibility index (Phi) is 4.09. The molecule has 3 rings (SSSR count). The molecule has 0 aliphatic carbocycles. The third-order valence-electron chi connectivity index (χ3n) is 4.49. The molecular formula is C16H22ClN3O. The number of imidazole rings is 1. The first-order valence-corrected chi connectivity index (χ1v) is 7.97. The van der Waals surface area contributed by atoms with Gasteiger partial charge in [0.25, 0.3) is 0 Å². The fraction of sp³-hybridized carbons (Fsp3) is 0.562. The molecule has 0 amide bonds. The van der Waals surface area contributed by atoms with Gasteiger partial charge < -0.3 is 14.2 Å². The number of fused-ring (bicyclic) bond motifs is 1. The van der Waals surface area contributed by atoms with Crippen molar-refractivity contribution in [2.45, 2.75) is 25.3 Å². The fourth-order valence-corrected chi connectivity index (χ4v) is 3.68. The third kappa shape index (κ3) is 2.51. The van der Waals surface area contributed by atoms with Gasteiger partial charge in [0, 0.05) is 12.6 Å². The van der Waals surface area contributed by atoms with E-state index in [-0.39, 0.29) is 0 Å². The highest BCUT2D eigenvalue weighted by Crippen LogP contribution is 2.35. The summed E-state index contributed by atoms with van der Waals surface area (Å²) < 4.78 is 7.78. The Labute approximate surface area is 130 Å². The van der Waals surface area contributed by atoms with Crippen molar-refractivity contribution in [3.8, 4) is 5.75 Å². The van der Waals surface area contributed by atoms with Crippen LogP contribution in [0.4, 0.5) is 0 Å². The van der Waals surface area contributed by atoms with Crippen molar-refractivity contribution in [3.63, 3.8) is 0 Å². The maximum Gasteiger partial charge on any atom is 0.146 e. The highest BCUT2D eigenvalue weighted by atomic mass is 35.5. The molecule has 1 aromatic heterocycles. The normalized spacial score (nSPS) is 23.6. The largest absolute Gasteiger partial charge is 0.494 e. The van der Waals surface area contributed by atoms with Gasteiger partial charge in [-0.1, -0.05) is 13.0 Å². The summed E-state index contributed by atoms with van der Waals surface area (Å²) >= 11 is 6.16. The van der Waals surface area contributed by atoms with Crippen LogP contribution < -0.4 is 4.74 Å². The van der Waals surface area contributed by atoms with Crippen LogP contribution in [0.1, 0.15) is 25.2 Å². The summed E-state index contributed by atoms with van der Waals surface area (Å²) in [6, 6.07) is 6.55. The lowest BCUT2D eigenvalue weighted by atomic mass is 9.93. The van der Waals surface area contributed by atoms with E-state index < -0.39 is 0 Å². The highest BCUT2D eigenvalue weighted by Gasteiger charge is 2.29. The van der Waals surface area contributed by atoms with Crippen molar-refractivity contribution in [2.75, 3.05) is 27.2 Å². The molecule has 4 nitrogen and oxygen atoms in total. The molecule has 2 unspecified atom stereocenters. The standard InChI is InChI=1S/C16H22ClN3O/c1-11-10-19(2)8-7-12(11)20-13-5-4-6-14(21-3)16(13)18-15(20)9-17/h4-6,11-12H,7-10H2,1-3H3. The van der Waals surface area contributed by atoms with Crippen LogP contribution in [-0.4, -0.2) is 41.7 Å². The number of aromatic nitrogens is 2. The zero-order chi connectivity index (χ0) is 15.0. The van der Waals surface area contributed by atoms with Gasteiger partial charge in [0.05, 0.1) is 18.5 Å². The summed E-state index contributed by atoms with van der Waals surface area (Å²) in [5.41, 5.74) is 2.05. The molecule has 0 bridgehead atoms. The topological polar surface area (TPSA) is 30.3 Å². The first-order chi connectivity index (χ1) is 10.2. The highest BCUT2D eigenvalue weighted by molar-refractivity contribution is 6.16. The number of hydrogen-bond donors (Lipinski definition) is 0. The number of rotatable bonds is 3. The number of hydrogen-bond acceptors (Lipinski definition) is 3. The van der Waals surface area contributed by atoms with E-state index in [1.54, 1.807) is 7.11 Å². The van der Waals surface area contributed by atoms with Gasteiger partial charge in [-0.2, -0.15) is 0 Å². The van der Waals surface area contributed by atoms with Crippen LogP contribution in [0.2, 0.25) is 0 Å². The Hall–Kier alpha value is -1.26. The second kappa shape index (κ2) is 5.85. The molecule has 0 spiro atoms. The first-order valence-electron chi connectivity index (χ1n) is 7.44. The fourth-order valence-electron chi connectivity index (χ4n) is 3.49. The molecule has 114 valence electrons. The summed E-state index contributed by atoms with van der Waals surface area (Å²) in [5, 5.41) is 0. The van der Waals surface area contributed by atoms with Gasteiger partial charge in [-0.25, -0.2) is 4.98 Å². The lowest BCUT2D eigenvalue weighted by molar-refractivity contribution is 0.160. The summed E-state index contributed by atoms with van der Waals surface area (Å²) in [7, 11) is 3.87. The maximum absolute atomic E-state index is 6.16. The minimum Gasteiger partial charge on any atom is -0.494 e. The Morgan fingerprint density at radius 1 is 1.43 bits per heavy atom. The van der Waals surface area contributed by atoms with Crippen LogP contribution in [0.15, 0.2) is 18.2 Å². The van der Waals surface area contributed by atoms with E-state index >= 15 is 0 Å². The molecular weight excluding hydrogens is 286 g/mol. The monoisotopic (exact) mass is 307 g/mol. The SMILES string of the molecule is COc1cccc2c1nc(CCl)n2C1CCN(C)CC1C. The van der Waals surface area contributed by atoms with E-state index in [0.29, 0.717) is 17.8 Å². The number of para-hydroxylation sites is 1. The number of halogens is 1. The van der Waals surface area contributed by atoms with Gasteiger partial charge in [-0.15, -0.1) is 11.6 Å². The average molecular weight is 308 g/mol. The number of nitrogens with zero attached hydrogens (tertiary/aromatic N) is 3. The van der Waals surface area contributed by atoms with Gasteiger partial charge in [-0.3, -0.25) is 0 Å². The number of likely N-dealkylation sites (tertiary alicyclic amines) is 1. The minimum absolute atomic E-state index is 0.427. The van der Waals surface area contributed by atoms with Crippen molar-refractivity contribution >= 4 is 22.6 Å². The van der Waals surface area contributed by atoms with Crippen LogP contribution in [-0.2, 0) is 5.88 Å². The molecule has 0 radical (unpaired) electrons. The minimum atomic E-state index is 0.427. The Bertz CT molecular complexity index is 640. The van der Waals surface area contributed by atoms with E-state index in [1.807, 2.05) is 12.1 Å². The molecule has 21 heavy (non-hydrogen) atoms. The van der Waals surface area contributed by atoms with Crippen LogP contribution >= 0.6 is 11.6 Å². The van der Waals surface area contributed by atoms with Gasteiger partial charge >= 0.3 is 0 Å². The molecule has 1 saturated heterocycles. The van der Waals surface area contributed by atoms with Crippen molar-refractivity contribution < 1.29 is 4.74 Å². The van der Waals surface area contributed by atoms with Gasteiger partial charge in [-0.05, 0) is 38.1 Å². The second-order valence-electron chi connectivity index (χ2n) is 5.96. The zero-order valence-corrected chi connectivity index (χ0v) is 13.6. The van der Waals surface area contributed by atoms with Gasteiger partial charge in [0.15, 0.2) is 0 Å². The lowest BCUT2D eigenvalue weighted by Crippen LogP contribution is -2.38. The Balaban J connectivity index is 2.12. The predicted octanol–water partition coefficient (Wildman–Crippen LogP) is 3.30. The molecule has 2 heterocycles. The third-order valence-corrected chi connectivity index (χ3v) is 4.73. The van der Waals surface area contributed by atoms with E-state index in [2.05, 4.69) is 29.5 Å². The first kappa shape index (κ1) is 14.7. The van der Waals surface area contributed by atoms with Gasteiger partial charge in [0.2, 0.25) is 0 Å². The van der Waals surface area contributed by atoms with E-state index in [4.69, 9.17) is 21.3 Å². The van der Waals surface area contributed by atoms with Gasteiger partial charge in [0.1, 0.15) is 17.1 Å². The van der Waals surface area contributed by atoms with Crippen LogP contribution in [0.25, 0.3) is 11.0 Å². The molecule has 2 atom stereocenters. The second-order valence-corrected chi connectivity index (χ2v) is 6.22. The molecule has 1 fully saturated rings. The smallest absolute Gasteiger partial charge is 0.146 e. The zero-order valence-electron chi connectivity index (χ0n) is 12.8. The molecule has 0 N–H and O–H groups in total. The van der Waals surface area contributed by atoms with Crippen molar-refractivity contribution in [3.05, 3.63) is 24.0 Å². The summed E-state index contributed by atoms with van der Waals surface area (Å²) in [4.78, 5) is 7.11. The van der Waals surface area contributed by atoms with E-state index in [1.165, 1.54) is 0 Å². The Morgan fingerprint density at radius 3 is 2.90 bits per heavy atom. The van der Waals surface area contributed by atoms with E-state index in [0.717, 1.165) is 42.1 Å². The van der Waals surface area contributed by atoms with Crippen molar-refractivity contribution in [1.82, 2.24) is 14.5 Å². The predicted molar refractivity (Wildman–Crippen MR) is 86.2 cm³/mol. The number of ether oxygens (including phenoxy) is 1. The Morgan fingerprint density at radius 2 is 2.24 bits per heavy atom. The molecule has 1 aliphatic rings. The van der Waals surface area contributed by atoms with E-state index in [9.17, 15) is 0 Å². The molecule has 1 aromatic carbocycles. The van der Waals surface area contributed by atoms with Crippen molar-refractivity contribution in [1.29, 1.82) is 0 Å².